The Kier molecular flexibility index (Phi) is 4.78. The predicted octanol–water partition coefficient (Wildman–Crippen LogP) is 3.05. The van der Waals surface area contributed by atoms with Gasteiger partial charge >= 0.3 is 0 Å². The second kappa shape index (κ2) is 6.05. The third-order valence-corrected chi connectivity index (χ3v) is 5.08. The highest BCUT2D eigenvalue weighted by Gasteiger charge is 2.37. The zero-order valence-electron chi connectivity index (χ0n) is 13.9. The van der Waals surface area contributed by atoms with Gasteiger partial charge in [-0.1, -0.05) is 34.6 Å². The van der Waals surface area contributed by atoms with Crippen LogP contribution >= 0.6 is 0 Å². The van der Waals surface area contributed by atoms with Crippen molar-refractivity contribution in [1.29, 1.82) is 0 Å². The first kappa shape index (κ1) is 15.8. The molecule has 2 rings (SSSR count). The largest absolute Gasteiger partial charge is 0.342 e. The van der Waals surface area contributed by atoms with Gasteiger partial charge in [0.05, 0.1) is 0 Å². The van der Waals surface area contributed by atoms with Crippen LogP contribution in [0.3, 0.4) is 0 Å². The Morgan fingerprint density at radius 1 is 1.20 bits per heavy atom. The monoisotopic (exact) mass is 280 g/mol. The van der Waals surface area contributed by atoms with E-state index in [0.717, 1.165) is 31.8 Å². The fourth-order valence-corrected chi connectivity index (χ4v) is 4.05. The summed E-state index contributed by atoms with van der Waals surface area (Å²) in [5.41, 5.74) is 0.491. The van der Waals surface area contributed by atoms with Crippen LogP contribution in [0.1, 0.15) is 60.3 Å². The molecule has 0 aromatic rings. The number of carbonyl (C=O) groups is 1. The number of carbonyl (C=O) groups excluding carboxylic acids is 1. The van der Waals surface area contributed by atoms with Crippen LogP contribution in [0, 0.1) is 17.3 Å². The van der Waals surface area contributed by atoms with Crippen LogP contribution in [-0.2, 0) is 4.79 Å². The molecule has 2 atom stereocenters. The van der Waals surface area contributed by atoms with E-state index in [9.17, 15) is 4.79 Å². The summed E-state index contributed by atoms with van der Waals surface area (Å²) in [4.78, 5) is 14.0. The summed E-state index contributed by atoms with van der Waals surface area (Å²) in [5.74, 6) is 1.23. The first-order chi connectivity index (χ1) is 9.28. The van der Waals surface area contributed by atoms with Gasteiger partial charge in [-0.05, 0) is 37.0 Å². The number of likely N-dealkylation sites (tertiary alicyclic amines) is 1. The van der Waals surface area contributed by atoms with Crippen LogP contribution in [0.15, 0.2) is 0 Å². The molecule has 1 saturated carbocycles. The number of amides is 1. The molecule has 1 saturated heterocycles. The van der Waals surface area contributed by atoms with E-state index in [1.807, 2.05) is 18.7 Å². The zero-order chi connectivity index (χ0) is 14.9. The van der Waals surface area contributed by atoms with E-state index < -0.39 is 0 Å². The number of nitrogens with zero attached hydrogens (tertiary/aromatic N) is 1. The van der Waals surface area contributed by atoms with Crippen molar-refractivity contribution in [3.8, 4) is 0 Å². The van der Waals surface area contributed by atoms with Crippen LogP contribution in [-0.4, -0.2) is 36.0 Å². The van der Waals surface area contributed by atoms with Gasteiger partial charge in [0.15, 0.2) is 0 Å². The molecular weight excluding hydrogens is 248 g/mol. The highest BCUT2D eigenvalue weighted by atomic mass is 16.2. The maximum atomic E-state index is 12.0. The Balaban J connectivity index is 1.79. The molecule has 2 fully saturated rings. The summed E-state index contributed by atoms with van der Waals surface area (Å²) in [6.07, 6.45) is 4.85. The minimum atomic E-state index is 0.134. The zero-order valence-corrected chi connectivity index (χ0v) is 13.9. The summed E-state index contributed by atoms with van der Waals surface area (Å²) >= 11 is 0. The number of hydrogen-bond acceptors (Lipinski definition) is 2. The average molecular weight is 280 g/mol. The molecule has 0 radical (unpaired) electrons. The quantitative estimate of drug-likeness (QED) is 0.862. The van der Waals surface area contributed by atoms with E-state index in [0.29, 0.717) is 23.4 Å². The second-order valence-corrected chi connectivity index (χ2v) is 8.08. The molecule has 3 nitrogen and oxygen atoms in total. The smallest absolute Gasteiger partial charge is 0.225 e. The van der Waals surface area contributed by atoms with E-state index in [1.54, 1.807) is 0 Å². The van der Waals surface area contributed by atoms with Gasteiger partial charge in [-0.2, -0.15) is 0 Å². The maximum absolute atomic E-state index is 12.0. The third-order valence-electron chi connectivity index (χ3n) is 5.08. The van der Waals surface area contributed by atoms with E-state index in [-0.39, 0.29) is 5.92 Å². The summed E-state index contributed by atoms with van der Waals surface area (Å²) in [6.45, 7) is 13.0. The van der Waals surface area contributed by atoms with E-state index in [4.69, 9.17) is 0 Å². The summed E-state index contributed by atoms with van der Waals surface area (Å²) in [7, 11) is 0. The van der Waals surface area contributed by atoms with Gasteiger partial charge in [-0.25, -0.2) is 0 Å². The van der Waals surface area contributed by atoms with E-state index in [1.165, 1.54) is 12.8 Å². The van der Waals surface area contributed by atoms with Gasteiger partial charge in [-0.3, -0.25) is 4.79 Å². The van der Waals surface area contributed by atoms with Gasteiger partial charge in [0, 0.05) is 31.1 Å². The van der Waals surface area contributed by atoms with Crippen LogP contribution in [0.25, 0.3) is 0 Å². The Labute approximate surface area is 124 Å². The minimum absolute atomic E-state index is 0.134. The molecule has 0 aromatic carbocycles. The number of piperidine rings is 1. The Hall–Kier alpha value is -0.570. The summed E-state index contributed by atoms with van der Waals surface area (Å²) < 4.78 is 0. The van der Waals surface area contributed by atoms with Crippen molar-refractivity contribution in [1.82, 2.24) is 10.2 Å². The van der Waals surface area contributed by atoms with Crippen molar-refractivity contribution in [2.75, 3.05) is 13.1 Å². The fourth-order valence-electron chi connectivity index (χ4n) is 4.05. The molecule has 0 aromatic heterocycles. The molecule has 1 aliphatic heterocycles. The highest BCUT2D eigenvalue weighted by Crippen LogP contribution is 2.41. The van der Waals surface area contributed by atoms with Crippen molar-refractivity contribution < 1.29 is 4.79 Å². The molecule has 20 heavy (non-hydrogen) atoms. The minimum Gasteiger partial charge on any atom is -0.342 e. The molecule has 0 bridgehead atoms. The first-order valence-electron chi connectivity index (χ1n) is 8.33. The molecule has 1 heterocycles. The number of nitrogens with one attached hydrogen (secondary N) is 1. The first-order valence-corrected chi connectivity index (χ1v) is 8.33. The molecule has 2 unspecified atom stereocenters. The van der Waals surface area contributed by atoms with Crippen LogP contribution in [0.5, 0.6) is 0 Å². The molecule has 3 heteroatoms. The van der Waals surface area contributed by atoms with Crippen LogP contribution in [0.4, 0.5) is 0 Å². The van der Waals surface area contributed by atoms with Gasteiger partial charge in [0.1, 0.15) is 0 Å². The second-order valence-electron chi connectivity index (χ2n) is 8.08. The van der Waals surface area contributed by atoms with Gasteiger partial charge in [0.2, 0.25) is 5.91 Å². The molecular formula is C17H32N2O. The van der Waals surface area contributed by atoms with Crippen LogP contribution in [0.2, 0.25) is 0 Å². The lowest BCUT2D eigenvalue weighted by molar-refractivity contribution is -0.135. The molecule has 1 amide bonds. The molecule has 2 aliphatic rings. The Bertz CT molecular complexity index is 343. The lowest BCUT2D eigenvalue weighted by Crippen LogP contribution is -2.49. The Morgan fingerprint density at radius 2 is 1.80 bits per heavy atom. The Morgan fingerprint density at radius 3 is 2.25 bits per heavy atom. The summed E-state index contributed by atoms with van der Waals surface area (Å²) in [5, 5.41) is 3.87. The summed E-state index contributed by atoms with van der Waals surface area (Å²) in [6, 6.07) is 1.27. The number of rotatable bonds is 3. The molecule has 116 valence electrons. The lowest BCUT2D eigenvalue weighted by Gasteiger charge is -2.35. The standard InChI is InChI=1S/C17H32N2O/c1-12(2)16(20)19-8-6-14(7-9-19)18-15-11-17(4,5)10-13(15)3/h12-15,18H,6-11H2,1-5H3. The van der Waals surface area contributed by atoms with Crippen molar-refractivity contribution in [3.05, 3.63) is 0 Å². The molecule has 0 spiro atoms. The predicted molar refractivity (Wildman–Crippen MR) is 83.5 cm³/mol. The van der Waals surface area contributed by atoms with Crippen molar-refractivity contribution in [2.45, 2.75) is 72.4 Å². The highest BCUT2D eigenvalue weighted by molar-refractivity contribution is 5.78. The van der Waals surface area contributed by atoms with E-state index in [2.05, 4.69) is 26.1 Å². The van der Waals surface area contributed by atoms with E-state index >= 15 is 0 Å². The van der Waals surface area contributed by atoms with Gasteiger partial charge in [0.25, 0.3) is 0 Å². The molecule has 1 aliphatic carbocycles. The van der Waals surface area contributed by atoms with Gasteiger partial charge in [-0.15, -0.1) is 0 Å². The van der Waals surface area contributed by atoms with Gasteiger partial charge < -0.3 is 10.2 Å². The lowest BCUT2D eigenvalue weighted by atomic mass is 9.91. The SMILES string of the molecule is CC(C)C(=O)N1CCC(NC2CC(C)(C)CC2C)CC1. The number of hydrogen-bond donors (Lipinski definition) is 1. The van der Waals surface area contributed by atoms with Crippen molar-refractivity contribution in [3.63, 3.8) is 0 Å². The van der Waals surface area contributed by atoms with Crippen LogP contribution < -0.4 is 5.32 Å². The average Bonchev–Trinajstić information content (AvgIpc) is 2.62. The molecule has 1 N–H and O–H groups in total. The fraction of sp³-hybridized carbons (Fsp3) is 0.941. The maximum Gasteiger partial charge on any atom is 0.225 e. The normalized spacial score (nSPS) is 31.0. The third kappa shape index (κ3) is 3.75. The topological polar surface area (TPSA) is 32.3 Å². The van der Waals surface area contributed by atoms with Crippen molar-refractivity contribution in [2.24, 2.45) is 17.3 Å². The van der Waals surface area contributed by atoms with Crippen molar-refractivity contribution >= 4 is 5.91 Å².